The van der Waals surface area contributed by atoms with Gasteiger partial charge in [0, 0.05) is 13.5 Å². The minimum absolute atomic E-state index is 0.479. The number of benzene rings is 1. The maximum atomic E-state index is 10.2. The summed E-state index contributed by atoms with van der Waals surface area (Å²) in [6, 6.07) is 9.59. The molecule has 0 bridgehead atoms. The van der Waals surface area contributed by atoms with Crippen LogP contribution in [0, 0.1) is 0 Å². The second-order valence-corrected chi connectivity index (χ2v) is 4.69. The van der Waals surface area contributed by atoms with E-state index in [1.807, 2.05) is 44.3 Å². The summed E-state index contributed by atoms with van der Waals surface area (Å²) < 4.78 is 1.76. The number of aromatic nitrogens is 2. The third-order valence-electron chi connectivity index (χ3n) is 3.07. The fourth-order valence-electron chi connectivity index (χ4n) is 2.02. The average molecular weight is 265 g/mol. The number of aliphatic hydroxyl groups is 1. The molecule has 0 aliphatic rings. The number of rotatable bonds is 4. The van der Waals surface area contributed by atoms with E-state index >= 15 is 0 Å². The first kappa shape index (κ1) is 13.1. The maximum Gasteiger partial charge on any atom is 0.0850 e. The van der Waals surface area contributed by atoms with E-state index in [4.69, 9.17) is 11.6 Å². The third kappa shape index (κ3) is 2.57. The molecule has 1 N–H and O–H groups in total. The highest BCUT2D eigenvalue weighted by atomic mass is 35.5. The Hall–Kier alpha value is -1.32. The SMILES string of the molecule is CCc1nn(C)c(CC(O)c2ccccc2)c1Cl. The van der Waals surface area contributed by atoms with Crippen LogP contribution in [0.4, 0.5) is 0 Å². The van der Waals surface area contributed by atoms with Crippen molar-refractivity contribution in [1.82, 2.24) is 9.78 Å². The largest absolute Gasteiger partial charge is 0.388 e. The number of halogens is 1. The van der Waals surface area contributed by atoms with E-state index in [1.165, 1.54) is 0 Å². The van der Waals surface area contributed by atoms with E-state index in [2.05, 4.69) is 5.10 Å². The van der Waals surface area contributed by atoms with Crippen molar-refractivity contribution < 1.29 is 5.11 Å². The molecule has 1 atom stereocenters. The zero-order valence-corrected chi connectivity index (χ0v) is 11.4. The van der Waals surface area contributed by atoms with Crippen LogP contribution in [0.2, 0.25) is 5.02 Å². The first-order chi connectivity index (χ1) is 8.63. The third-order valence-corrected chi connectivity index (χ3v) is 3.51. The van der Waals surface area contributed by atoms with Crippen molar-refractivity contribution in [3.05, 3.63) is 52.3 Å². The lowest BCUT2D eigenvalue weighted by Crippen LogP contribution is -2.06. The summed E-state index contributed by atoms with van der Waals surface area (Å²) in [5, 5.41) is 15.2. The zero-order valence-electron chi connectivity index (χ0n) is 10.6. The summed E-state index contributed by atoms with van der Waals surface area (Å²) in [5.41, 5.74) is 2.66. The molecular weight excluding hydrogens is 248 g/mol. The first-order valence-corrected chi connectivity index (χ1v) is 6.44. The van der Waals surface area contributed by atoms with E-state index in [1.54, 1.807) is 4.68 Å². The van der Waals surface area contributed by atoms with Crippen LogP contribution in [0.1, 0.15) is 30.0 Å². The lowest BCUT2D eigenvalue weighted by molar-refractivity contribution is 0.176. The van der Waals surface area contributed by atoms with E-state index in [0.717, 1.165) is 23.4 Å². The lowest BCUT2D eigenvalue weighted by Gasteiger charge is -2.11. The van der Waals surface area contributed by atoms with Gasteiger partial charge in [0.15, 0.2) is 0 Å². The average Bonchev–Trinajstić information content (AvgIpc) is 2.67. The molecule has 0 aliphatic heterocycles. The quantitative estimate of drug-likeness (QED) is 0.922. The molecule has 0 amide bonds. The highest BCUT2D eigenvalue weighted by molar-refractivity contribution is 6.31. The van der Waals surface area contributed by atoms with E-state index in [-0.39, 0.29) is 0 Å². The minimum Gasteiger partial charge on any atom is -0.388 e. The Morgan fingerprint density at radius 2 is 2.00 bits per heavy atom. The van der Waals surface area contributed by atoms with Gasteiger partial charge in [-0.2, -0.15) is 5.10 Å². The van der Waals surface area contributed by atoms with Crippen LogP contribution in [0.25, 0.3) is 0 Å². The molecule has 4 heteroatoms. The second-order valence-electron chi connectivity index (χ2n) is 4.32. The Bertz CT molecular complexity index is 522. The highest BCUT2D eigenvalue weighted by Gasteiger charge is 2.17. The van der Waals surface area contributed by atoms with Crippen LogP contribution in [0.3, 0.4) is 0 Å². The van der Waals surface area contributed by atoms with Gasteiger partial charge in [-0.3, -0.25) is 4.68 Å². The number of hydrogen-bond donors (Lipinski definition) is 1. The van der Waals surface area contributed by atoms with Gasteiger partial charge in [-0.05, 0) is 12.0 Å². The van der Waals surface area contributed by atoms with Crippen LogP contribution >= 0.6 is 11.6 Å². The van der Waals surface area contributed by atoms with Gasteiger partial charge < -0.3 is 5.11 Å². The van der Waals surface area contributed by atoms with Gasteiger partial charge >= 0.3 is 0 Å². The van der Waals surface area contributed by atoms with Crippen molar-refractivity contribution in [3.8, 4) is 0 Å². The monoisotopic (exact) mass is 264 g/mol. The van der Waals surface area contributed by atoms with Gasteiger partial charge in [0.05, 0.1) is 22.5 Å². The van der Waals surface area contributed by atoms with E-state index in [9.17, 15) is 5.11 Å². The molecule has 0 spiro atoms. The number of aryl methyl sites for hydroxylation is 2. The molecule has 0 radical (unpaired) electrons. The summed E-state index contributed by atoms with van der Waals surface area (Å²) in [7, 11) is 1.86. The fourth-order valence-corrected chi connectivity index (χ4v) is 2.39. The topological polar surface area (TPSA) is 38.0 Å². The van der Waals surface area contributed by atoms with Crippen molar-refractivity contribution in [2.24, 2.45) is 7.05 Å². The van der Waals surface area contributed by atoms with Gasteiger partial charge in [-0.1, -0.05) is 48.9 Å². The van der Waals surface area contributed by atoms with Crippen molar-refractivity contribution >= 4 is 11.6 Å². The van der Waals surface area contributed by atoms with Crippen molar-refractivity contribution in [2.45, 2.75) is 25.9 Å². The minimum atomic E-state index is -0.552. The van der Waals surface area contributed by atoms with Crippen LogP contribution < -0.4 is 0 Å². The predicted octanol–water partition coefficient (Wildman–Crippen LogP) is 2.91. The summed E-state index contributed by atoms with van der Waals surface area (Å²) >= 11 is 6.27. The molecule has 1 aromatic heterocycles. The highest BCUT2D eigenvalue weighted by Crippen LogP contribution is 2.26. The second kappa shape index (κ2) is 5.55. The van der Waals surface area contributed by atoms with Crippen molar-refractivity contribution in [1.29, 1.82) is 0 Å². The summed E-state index contributed by atoms with van der Waals surface area (Å²) in [5.74, 6) is 0. The van der Waals surface area contributed by atoms with E-state index < -0.39 is 6.10 Å². The molecule has 2 aromatic rings. The lowest BCUT2D eigenvalue weighted by atomic mass is 10.0. The van der Waals surface area contributed by atoms with Crippen molar-refractivity contribution in [2.75, 3.05) is 0 Å². The summed E-state index contributed by atoms with van der Waals surface area (Å²) in [4.78, 5) is 0. The van der Waals surface area contributed by atoms with Crippen LogP contribution in [-0.2, 0) is 19.9 Å². The molecular formula is C14H17ClN2O. The number of aliphatic hydroxyl groups excluding tert-OH is 1. The van der Waals surface area contributed by atoms with Gasteiger partial charge in [-0.25, -0.2) is 0 Å². The Morgan fingerprint density at radius 3 is 2.56 bits per heavy atom. The Morgan fingerprint density at radius 1 is 1.33 bits per heavy atom. The first-order valence-electron chi connectivity index (χ1n) is 6.06. The number of hydrogen-bond acceptors (Lipinski definition) is 2. The standard InChI is InChI=1S/C14H17ClN2O/c1-3-11-14(15)12(17(2)16-11)9-13(18)10-7-5-4-6-8-10/h4-8,13,18H,3,9H2,1-2H3. The smallest absolute Gasteiger partial charge is 0.0850 e. The Kier molecular flexibility index (Phi) is 4.04. The molecule has 1 aromatic carbocycles. The fraction of sp³-hybridized carbons (Fsp3) is 0.357. The molecule has 1 unspecified atom stereocenters. The van der Waals surface area contributed by atoms with Gasteiger partial charge in [0.1, 0.15) is 0 Å². The normalized spacial score (nSPS) is 12.7. The molecule has 1 heterocycles. The number of nitrogens with zero attached hydrogens (tertiary/aromatic N) is 2. The molecule has 0 saturated carbocycles. The van der Waals surface area contributed by atoms with Gasteiger partial charge in [0.2, 0.25) is 0 Å². The van der Waals surface area contributed by atoms with Gasteiger partial charge in [-0.15, -0.1) is 0 Å². The van der Waals surface area contributed by atoms with Crippen LogP contribution in [-0.4, -0.2) is 14.9 Å². The van der Waals surface area contributed by atoms with Crippen LogP contribution in [0.15, 0.2) is 30.3 Å². The summed E-state index contributed by atoms with van der Waals surface area (Å²) in [6.45, 7) is 2.02. The van der Waals surface area contributed by atoms with Crippen molar-refractivity contribution in [3.63, 3.8) is 0 Å². The molecule has 2 rings (SSSR count). The maximum absolute atomic E-state index is 10.2. The molecule has 3 nitrogen and oxygen atoms in total. The molecule has 18 heavy (non-hydrogen) atoms. The molecule has 96 valence electrons. The molecule has 0 saturated heterocycles. The van der Waals surface area contributed by atoms with Gasteiger partial charge in [0.25, 0.3) is 0 Å². The molecule has 0 aliphatic carbocycles. The van der Waals surface area contributed by atoms with Crippen LogP contribution in [0.5, 0.6) is 0 Å². The summed E-state index contributed by atoms with van der Waals surface area (Å²) in [6.07, 6.45) is 0.726. The Labute approximate surface area is 112 Å². The zero-order chi connectivity index (χ0) is 13.1. The predicted molar refractivity (Wildman–Crippen MR) is 72.7 cm³/mol. The van der Waals surface area contributed by atoms with E-state index in [0.29, 0.717) is 11.4 Å². The molecule has 0 fully saturated rings. The Balaban J connectivity index is 2.22.